The smallest absolute Gasteiger partial charge is 0.349 e. The molecule has 0 aliphatic heterocycles. The minimum atomic E-state index is -0.524. The molecule has 158 valence electrons. The number of carbonyl (C=O) groups is 2. The number of aromatic nitrogens is 1. The molecule has 7 nitrogen and oxygen atoms in total. The van der Waals surface area contributed by atoms with E-state index >= 15 is 0 Å². The zero-order valence-electron chi connectivity index (χ0n) is 17.6. The van der Waals surface area contributed by atoms with Gasteiger partial charge in [-0.3, -0.25) is 4.79 Å². The van der Waals surface area contributed by atoms with Crippen LogP contribution in [-0.4, -0.2) is 24.1 Å². The first-order valence-corrected chi connectivity index (χ1v) is 10.2. The van der Waals surface area contributed by atoms with Crippen LogP contribution in [0.2, 0.25) is 0 Å². The lowest BCUT2D eigenvalue weighted by Crippen LogP contribution is -2.27. The van der Waals surface area contributed by atoms with Crippen molar-refractivity contribution in [1.29, 1.82) is 0 Å². The summed E-state index contributed by atoms with van der Waals surface area (Å²) in [6.45, 7) is 7.23. The number of anilines is 1. The van der Waals surface area contributed by atoms with Crippen LogP contribution >= 0.6 is 11.3 Å². The summed E-state index contributed by atoms with van der Waals surface area (Å²) in [4.78, 5) is 25.1. The standard InChI is InChI=1S/C22H24N2O5S/c1-13-10-18(23-21(26)22(2,3)4)30-19(13)20(25)28-12-14-11-16(24-29-14)15-8-6-7-9-17(15)27-5/h6-11H,12H2,1-5H3,(H,23,26). The van der Waals surface area contributed by atoms with Crippen molar-refractivity contribution in [1.82, 2.24) is 5.16 Å². The first-order valence-electron chi connectivity index (χ1n) is 9.37. The van der Waals surface area contributed by atoms with Crippen LogP contribution in [0.5, 0.6) is 5.75 Å². The zero-order valence-corrected chi connectivity index (χ0v) is 18.4. The number of nitrogens with one attached hydrogen (secondary N) is 1. The molecule has 0 aliphatic carbocycles. The van der Waals surface area contributed by atoms with Gasteiger partial charge in [-0.25, -0.2) is 4.79 Å². The molecule has 0 fully saturated rings. The number of ether oxygens (including phenoxy) is 2. The number of para-hydroxylation sites is 1. The average Bonchev–Trinajstić information content (AvgIpc) is 3.32. The van der Waals surface area contributed by atoms with E-state index in [-0.39, 0.29) is 12.5 Å². The minimum Gasteiger partial charge on any atom is -0.496 e. The van der Waals surface area contributed by atoms with Crippen LogP contribution in [0, 0.1) is 12.3 Å². The highest BCUT2D eigenvalue weighted by Crippen LogP contribution is 2.31. The molecule has 0 unspecified atom stereocenters. The maximum atomic E-state index is 12.5. The van der Waals surface area contributed by atoms with Crippen molar-refractivity contribution >= 4 is 28.2 Å². The Morgan fingerprint density at radius 1 is 1.20 bits per heavy atom. The first-order chi connectivity index (χ1) is 14.2. The van der Waals surface area contributed by atoms with Crippen molar-refractivity contribution in [2.45, 2.75) is 34.3 Å². The Labute approximate surface area is 179 Å². The average molecular weight is 429 g/mol. The highest BCUT2D eigenvalue weighted by atomic mass is 32.1. The van der Waals surface area contributed by atoms with Crippen LogP contribution in [0.4, 0.5) is 5.00 Å². The van der Waals surface area contributed by atoms with Gasteiger partial charge in [-0.1, -0.05) is 38.1 Å². The predicted molar refractivity (Wildman–Crippen MR) is 115 cm³/mol. The molecule has 0 bridgehead atoms. The molecule has 30 heavy (non-hydrogen) atoms. The number of hydrogen-bond acceptors (Lipinski definition) is 7. The molecule has 0 spiro atoms. The van der Waals surface area contributed by atoms with Gasteiger partial charge in [-0.05, 0) is 30.7 Å². The third-order valence-corrected chi connectivity index (χ3v) is 5.44. The van der Waals surface area contributed by atoms with Crippen LogP contribution < -0.4 is 10.1 Å². The Hall–Kier alpha value is -3.13. The summed E-state index contributed by atoms with van der Waals surface area (Å²) in [5, 5.41) is 7.48. The van der Waals surface area contributed by atoms with Gasteiger partial charge in [0.05, 0.1) is 12.1 Å². The largest absolute Gasteiger partial charge is 0.496 e. The molecule has 1 amide bonds. The summed E-state index contributed by atoms with van der Waals surface area (Å²) in [5.41, 5.74) is 1.60. The second-order valence-corrected chi connectivity index (χ2v) is 8.83. The zero-order chi connectivity index (χ0) is 21.9. The van der Waals surface area contributed by atoms with Gasteiger partial charge in [-0.15, -0.1) is 11.3 Å². The van der Waals surface area contributed by atoms with E-state index in [1.54, 1.807) is 26.2 Å². The van der Waals surface area contributed by atoms with Crippen molar-refractivity contribution in [3.8, 4) is 17.0 Å². The highest BCUT2D eigenvalue weighted by Gasteiger charge is 2.23. The number of methoxy groups -OCH3 is 1. The lowest BCUT2D eigenvalue weighted by Gasteiger charge is -2.16. The van der Waals surface area contributed by atoms with Crippen LogP contribution in [-0.2, 0) is 16.1 Å². The molecule has 0 atom stereocenters. The summed E-state index contributed by atoms with van der Waals surface area (Å²) in [6, 6.07) is 10.9. The number of rotatable bonds is 6. The van der Waals surface area contributed by atoms with Crippen LogP contribution in [0.1, 0.15) is 41.8 Å². The van der Waals surface area contributed by atoms with E-state index in [2.05, 4.69) is 10.5 Å². The number of amides is 1. The van der Waals surface area contributed by atoms with Gasteiger partial charge in [0.25, 0.3) is 0 Å². The molecule has 8 heteroatoms. The fourth-order valence-electron chi connectivity index (χ4n) is 2.61. The number of thiophene rings is 1. The van der Waals surface area contributed by atoms with E-state index in [0.717, 1.165) is 11.1 Å². The Balaban J connectivity index is 1.65. The van der Waals surface area contributed by atoms with Gasteiger partial charge in [0.1, 0.15) is 16.3 Å². The van der Waals surface area contributed by atoms with Crippen molar-refractivity contribution in [2.24, 2.45) is 5.41 Å². The number of hydrogen-bond donors (Lipinski definition) is 1. The second-order valence-electron chi connectivity index (χ2n) is 7.78. The van der Waals surface area contributed by atoms with Gasteiger partial charge < -0.3 is 19.3 Å². The highest BCUT2D eigenvalue weighted by molar-refractivity contribution is 7.18. The van der Waals surface area contributed by atoms with Crippen molar-refractivity contribution < 1.29 is 23.6 Å². The molecule has 0 radical (unpaired) electrons. The topological polar surface area (TPSA) is 90.7 Å². The van der Waals surface area contributed by atoms with Crippen LogP contribution in [0.25, 0.3) is 11.3 Å². The van der Waals surface area contributed by atoms with E-state index in [1.807, 2.05) is 45.0 Å². The molecule has 3 rings (SSSR count). The minimum absolute atomic E-state index is 0.0536. The Morgan fingerprint density at radius 2 is 1.93 bits per heavy atom. The van der Waals surface area contributed by atoms with Gasteiger partial charge in [0.15, 0.2) is 12.4 Å². The Bertz CT molecular complexity index is 1060. The molecule has 0 saturated heterocycles. The van der Waals surface area contributed by atoms with E-state index in [0.29, 0.717) is 27.1 Å². The van der Waals surface area contributed by atoms with E-state index in [9.17, 15) is 9.59 Å². The predicted octanol–water partition coefficient (Wildman–Crippen LogP) is 5.06. The van der Waals surface area contributed by atoms with Crippen molar-refractivity contribution in [2.75, 3.05) is 12.4 Å². The summed E-state index contributed by atoms with van der Waals surface area (Å²) in [7, 11) is 1.59. The summed E-state index contributed by atoms with van der Waals surface area (Å²) in [6.07, 6.45) is 0. The quantitative estimate of drug-likeness (QED) is 0.552. The van der Waals surface area contributed by atoms with E-state index in [4.69, 9.17) is 14.0 Å². The SMILES string of the molecule is COc1ccccc1-c1cc(COC(=O)c2sc(NC(=O)C(C)(C)C)cc2C)on1. The molecule has 1 N–H and O–H groups in total. The fourth-order valence-corrected chi connectivity index (χ4v) is 3.57. The number of nitrogens with zero attached hydrogens (tertiary/aromatic N) is 1. The number of aryl methyl sites for hydroxylation is 1. The maximum Gasteiger partial charge on any atom is 0.349 e. The van der Waals surface area contributed by atoms with Crippen molar-refractivity contribution in [3.63, 3.8) is 0 Å². The van der Waals surface area contributed by atoms with Gasteiger partial charge in [-0.2, -0.15) is 0 Å². The lowest BCUT2D eigenvalue weighted by atomic mass is 9.96. The normalized spacial score (nSPS) is 11.2. The molecule has 0 aliphatic rings. The van der Waals surface area contributed by atoms with E-state index < -0.39 is 11.4 Å². The summed E-state index contributed by atoms with van der Waals surface area (Å²) >= 11 is 1.18. The third-order valence-electron chi connectivity index (χ3n) is 4.31. The number of carbonyl (C=O) groups excluding carboxylic acids is 2. The molecular formula is C22H24N2O5S. The monoisotopic (exact) mass is 428 g/mol. The number of benzene rings is 1. The van der Waals surface area contributed by atoms with Gasteiger partial charge in [0, 0.05) is 17.0 Å². The van der Waals surface area contributed by atoms with Crippen LogP contribution in [0.15, 0.2) is 40.9 Å². The van der Waals surface area contributed by atoms with Crippen molar-refractivity contribution in [3.05, 3.63) is 52.6 Å². The maximum absolute atomic E-state index is 12.5. The fraction of sp³-hybridized carbons (Fsp3) is 0.318. The Kier molecular flexibility index (Phi) is 6.26. The lowest BCUT2D eigenvalue weighted by molar-refractivity contribution is -0.123. The second kappa shape index (κ2) is 8.71. The first kappa shape index (κ1) is 21.6. The summed E-state index contributed by atoms with van der Waals surface area (Å²) in [5.74, 6) is 0.492. The number of esters is 1. The molecule has 3 aromatic rings. The Morgan fingerprint density at radius 3 is 2.63 bits per heavy atom. The molecule has 1 aromatic carbocycles. The van der Waals surface area contributed by atoms with E-state index in [1.165, 1.54) is 11.3 Å². The molecule has 0 saturated carbocycles. The van der Waals surface area contributed by atoms with Crippen LogP contribution in [0.3, 0.4) is 0 Å². The van der Waals surface area contributed by atoms with Gasteiger partial charge >= 0.3 is 5.97 Å². The van der Waals surface area contributed by atoms with Gasteiger partial charge in [0.2, 0.25) is 5.91 Å². The molecule has 2 heterocycles. The third kappa shape index (κ3) is 4.88. The molecule has 2 aromatic heterocycles. The summed E-state index contributed by atoms with van der Waals surface area (Å²) < 4.78 is 16.0. The molecular weight excluding hydrogens is 404 g/mol.